The third-order valence-electron chi connectivity index (χ3n) is 5.19. The molecule has 0 aliphatic heterocycles. The molecule has 0 spiro atoms. The molecule has 98 valence electrons. The van der Waals surface area contributed by atoms with Crippen LogP contribution in [-0.4, -0.2) is 22.4 Å². The van der Waals surface area contributed by atoms with Crippen LogP contribution < -0.4 is 0 Å². The Labute approximate surface area is 105 Å². The second kappa shape index (κ2) is 4.74. The fraction of sp³-hybridized carbons (Fsp3) is 0.867. The van der Waals surface area contributed by atoms with Crippen molar-refractivity contribution >= 4 is 0 Å². The van der Waals surface area contributed by atoms with E-state index in [0.717, 1.165) is 31.3 Å². The largest absolute Gasteiger partial charge is 0.392 e. The van der Waals surface area contributed by atoms with E-state index in [0.29, 0.717) is 11.8 Å². The van der Waals surface area contributed by atoms with Crippen LogP contribution in [0.5, 0.6) is 0 Å². The van der Waals surface area contributed by atoms with E-state index in [9.17, 15) is 10.2 Å². The van der Waals surface area contributed by atoms with Crippen LogP contribution in [0, 0.1) is 23.7 Å². The fourth-order valence-corrected chi connectivity index (χ4v) is 3.79. The van der Waals surface area contributed by atoms with Gasteiger partial charge in [-0.25, -0.2) is 0 Å². The van der Waals surface area contributed by atoms with E-state index in [4.69, 9.17) is 0 Å². The third kappa shape index (κ3) is 2.17. The minimum Gasteiger partial charge on any atom is -0.392 e. The molecule has 2 rings (SSSR count). The molecule has 0 aromatic heterocycles. The van der Waals surface area contributed by atoms with E-state index >= 15 is 0 Å². The smallest absolute Gasteiger partial charge is 0.0735 e. The van der Waals surface area contributed by atoms with Crippen LogP contribution in [0.25, 0.3) is 0 Å². The predicted molar refractivity (Wildman–Crippen MR) is 69.6 cm³/mol. The first-order valence-electron chi connectivity index (χ1n) is 7.02. The Hall–Kier alpha value is -0.340. The summed E-state index contributed by atoms with van der Waals surface area (Å²) in [7, 11) is 0. The Kier molecular flexibility index (Phi) is 3.65. The minimum atomic E-state index is -0.558. The van der Waals surface area contributed by atoms with Crippen molar-refractivity contribution < 1.29 is 10.2 Å². The standard InChI is InChI=1S/C15H26O2/c1-10(2)15(17)7-6-11(3)13-5-4-12(9-16)8-14(13)15/h8,10-11,13-14,16-17H,4-7,9H2,1-3H3/t11-,13+,14-,15+/m1/s1. The molecule has 2 N–H and O–H groups in total. The minimum absolute atomic E-state index is 0.159. The Morgan fingerprint density at radius 3 is 2.71 bits per heavy atom. The molecule has 0 unspecified atom stereocenters. The van der Waals surface area contributed by atoms with Crippen molar-refractivity contribution in [3.05, 3.63) is 11.6 Å². The molecule has 17 heavy (non-hydrogen) atoms. The van der Waals surface area contributed by atoms with Crippen molar-refractivity contribution in [2.45, 2.75) is 52.1 Å². The van der Waals surface area contributed by atoms with Gasteiger partial charge in [0.05, 0.1) is 12.2 Å². The van der Waals surface area contributed by atoms with Crippen molar-refractivity contribution in [1.29, 1.82) is 0 Å². The molecule has 1 fully saturated rings. The van der Waals surface area contributed by atoms with Gasteiger partial charge in [-0.2, -0.15) is 0 Å². The maximum Gasteiger partial charge on any atom is 0.0735 e. The van der Waals surface area contributed by atoms with Gasteiger partial charge < -0.3 is 10.2 Å². The van der Waals surface area contributed by atoms with Crippen LogP contribution in [0.4, 0.5) is 0 Å². The SMILES string of the molecule is CC(C)[C@@]1(O)CC[C@@H](C)[C@@H]2CCC(CO)=C[C@H]21. The van der Waals surface area contributed by atoms with Crippen molar-refractivity contribution in [3.63, 3.8) is 0 Å². The topological polar surface area (TPSA) is 40.5 Å². The number of fused-ring (bicyclic) bond motifs is 1. The van der Waals surface area contributed by atoms with Gasteiger partial charge in [0, 0.05) is 5.92 Å². The second-order valence-corrected chi connectivity index (χ2v) is 6.37. The summed E-state index contributed by atoms with van der Waals surface area (Å²) in [4.78, 5) is 0. The zero-order chi connectivity index (χ0) is 12.6. The molecule has 2 nitrogen and oxygen atoms in total. The number of aliphatic hydroxyl groups is 2. The van der Waals surface area contributed by atoms with Crippen LogP contribution >= 0.6 is 0 Å². The highest BCUT2D eigenvalue weighted by atomic mass is 16.3. The highest BCUT2D eigenvalue weighted by molar-refractivity contribution is 5.17. The average molecular weight is 238 g/mol. The number of aliphatic hydroxyl groups excluding tert-OH is 1. The van der Waals surface area contributed by atoms with Gasteiger partial charge in [0.25, 0.3) is 0 Å². The number of hydrogen-bond acceptors (Lipinski definition) is 2. The molecule has 0 amide bonds. The van der Waals surface area contributed by atoms with E-state index in [1.165, 1.54) is 0 Å². The quantitative estimate of drug-likeness (QED) is 0.726. The van der Waals surface area contributed by atoms with Crippen molar-refractivity contribution in [3.8, 4) is 0 Å². The highest BCUT2D eigenvalue weighted by Gasteiger charge is 2.48. The van der Waals surface area contributed by atoms with Gasteiger partial charge in [0.2, 0.25) is 0 Å². The zero-order valence-electron chi connectivity index (χ0n) is 11.3. The van der Waals surface area contributed by atoms with E-state index in [2.05, 4.69) is 26.8 Å². The Morgan fingerprint density at radius 2 is 2.12 bits per heavy atom. The van der Waals surface area contributed by atoms with Gasteiger partial charge in [0.15, 0.2) is 0 Å². The van der Waals surface area contributed by atoms with Gasteiger partial charge in [-0.3, -0.25) is 0 Å². The molecule has 0 aromatic carbocycles. The predicted octanol–water partition coefficient (Wildman–Crippen LogP) is 2.75. The maximum absolute atomic E-state index is 10.9. The van der Waals surface area contributed by atoms with Crippen LogP contribution in [0.3, 0.4) is 0 Å². The van der Waals surface area contributed by atoms with Crippen molar-refractivity contribution in [1.82, 2.24) is 0 Å². The lowest BCUT2D eigenvalue weighted by Gasteiger charge is -2.51. The summed E-state index contributed by atoms with van der Waals surface area (Å²) < 4.78 is 0. The van der Waals surface area contributed by atoms with Crippen molar-refractivity contribution in [2.24, 2.45) is 23.7 Å². The van der Waals surface area contributed by atoms with Gasteiger partial charge >= 0.3 is 0 Å². The molecular weight excluding hydrogens is 212 g/mol. The molecule has 1 saturated carbocycles. The van der Waals surface area contributed by atoms with Gasteiger partial charge in [-0.1, -0.05) is 26.8 Å². The first-order valence-corrected chi connectivity index (χ1v) is 7.02. The molecule has 0 aromatic rings. The first-order chi connectivity index (χ1) is 7.99. The second-order valence-electron chi connectivity index (χ2n) is 6.37. The molecule has 4 atom stereocenters. The monoisotopic (exact) mass is 238 g/mol. The van der Waals surface area contributed by atoms with Crippen LogP contribution in [0.1, 0.15) is 46.5 Å². The molecule has 0 heterocycles. The molecule has 2 aliphatic rings. The number of hydrogen-bond donors (Lipinski definition) is 2. The molecule has 0 saturated heterocycles. The van der Waals surface area contributed by atoms with Gasteiger partial charge in [0.1, 0.15) is 0 Å². The van der Waals surface area contributed by atoms with Crippen LogP contribution in [0.15, 0.2) is 11.6 Å². The molecule has 0 radical (unpaired) electrons. The summed E-state index contributed by atoms with van der Waals surface area (Å²) in [6.07, 6.45) is 6.37. The van der Waals surface area contributed by atoms with Gasteiger partial charge in [-0.15, -0.1) is 0 Å². The summed E-state index contributed by atoms with van der Waals surface area (Å²) >= 11 is 0. The zero-order valence-corrected chi connectivity index (χ0v) is 11.3. The molecule has 2 aliphatic carbocycles. The highest BCUT2D eigenvalue weighted by Crippen LogP contribution is 2.50. The fourth-order valence-electron chi connectivity index (χ4n) is 3.79. The van der Waals surface area contributed by atoms with E-state index in [1.54, 1.807) is 0 Å². The van der Waals surface area contributed by atoms with Crippen LogP contribution in [-0.2, 0) is 0 Å². The van der Waals surface area contributed by atoms with E-state index in [1.807, 2.05) is 0 Å². The van der Waals surface area contributed by atoms with E-state index in [-0.39, 0.29) is 18.4 Å². The molecular formula is C15H26O2. The summed E-state index contributed by atoms with van der Waals surface area (Å²) in [5.41, 5.74) is 0.567. The lowest BCUT2D eigenvalue weighted by atomic mass is 9.58. The first kappa shape index (κ1) is 13.1. The normalized spacial score (nSPS) is 42.2. The Bertz CT molecular complexity index is 308. The summed E-state index contributed by atoms with van der Waals surface area (Å²) in [5, 5.41) is 20.3. The Morgan fingerprint density at radius 1 is 1.41 bits per heavy atom. The third-order valence-corrected chi connectivity index (χ3v) is 5.19. The lowest BCUT2D eigenvalue weighted by molar-refractivity contribution is -0.107. The summed E-state index contributed by atoms with van der Waals surface area (Å²) in [5.74, 6) is 1.85. The van der Waals surface area contributed by atoms with Gasteiger partial charge in [-0.05, 0) is 49.0 Å². The summed E-state index contributed by atoms with van der Waals surface area (Å²) in [6, 6.07) is 0. The molecule has 0 bridgehead atoms. The summed E-state index contributed by atoms with van der Waals surface area (Å²) in [6.45, 7) is 6.71. The average Bonchev–Trinajstić information content (AvgIpc) is 2.33. The van der Waals surface area contributed by atoms with Crippen molar-refractivity contribution in [2.75, 3.05) is 6.61 Å². The number of rotatable bonds is 2. The lowest BCUT2D eigenvalue weighted by Crippen LogP contribution is -2.51. The van der Waals surface area contributed by atoms with E-state index < -0.39 is 5.60 Å². The van der Waals surface area contributed by atoms with Crippen LogP contribution in [0.2, 0.25) is 0 Å². The maximum atomic E-state index is 10.9. The Balaban J connectivity index is 2.32. The molecule has 2 heteroatoms.